The van der Waals surface area contributed by atoms with Gasteiger partial charge in [0.25, 0.3) is 5.91 Å². The summed E-state index contributed by atoms with van der Waals surface area (Å²) in [5.74, 6) is 0.453. The standard InChI is InChI=1S/C21H25FN2O2/c1-23(2)20-7-4-3-6-19(20)21(25)24(17-10-11-17)14-5-15-26-18-12-8-16(22)9-13-18/h3-4,6-9,12-13,17H,5,10-11,14-15H2,1-2H3. The van der Waals surface area contributed by atoms with E-state index in [1.54, 1.807) is 12.1 Å². The zero-order chi connectivity index (χ0) is 18.5. The lowest BCUT2D eigenvalue weighted by Gasteiger charge is -2.25. The van der Waals surface area contributed by atoms with Crippen LogP contribution < -0.4 is 9.64 Å². The van der Waals surface area contributed by atoms with Gasteiger partial charge in [0.1, 0.15) is 11.6 Å². The van der Waals surface area contributed by atoms with Gasteiger partial charge in [0.15, 0.2) is 0 Å². The minimum absolute atomic E-state index is 0.0820. The van der Waals surface area contributed by atoms with E-state index in [1.807, 2.05) is 48.2 Å². The van der Waals surface area contributed by atoms with Crippen LogP contribution in [-0.4, -0.2) is 44.1 Å². The third-order valence-corrected chi connectivity index (χ3v) is 4.49. The highest BCUT2D eigenvalue weighted by molar-refractivity contribution is 6.00. The van der Waals surface area contributed by atoms with Crippen LogP contribution in [0.15, 0.2) is 48.5 Å². The summed E-state index contributed by atoms with van der Waals surface area (Å²) >= 11 is 0. The number of amides is 1. The van der Waals surface area contributed by atoms with Crippen LogP contribution in [0.2, 0.25) is 0 Å². The molecule has 0 spiro atoms. The van der Waals surface area contributed by atoms with Crippen molar-refractivity contribution in [3.63, 3.8) is 0 Å². The molecule has 5 heteroatoms. The molecular formula is C21H25FN2O2. The van der Waals surface area contributed by atoms with E-state index in [0.717, 1.165) is 30.5 Å². The van der Waals surface area contributed by atoms with Gasteiger partial charge in [-0.3, -0.25) is 4.79 Å². The lowest BCUT2D eigenvalue weighted by Crippen LogP contribution is -2.35. The molecular weight excluding hydrogens is 331 g/mol. The molecule has 2 aromatic rings. The van der Waals surface area contributed by atoms with Crippen LogP contribution in [0.25, 0.3) is 0 Å². The Labute approximate surface area is 154 Å². The predicted octanol–water partition coefficient (Wildman–Crippen LogP) is 3.97. The van der Waals surface area contributed by atoms with E-state index in [-0.39, 0.29) is 11.7 Å². The first-order valence-corrected chi connectivity index (χ1v) is 9.02. The van der Waals surface area contributed by atoms with Gasteiger partial charge in [-0.15, -0.1) is 0 Å². The number of para-hydroxylation sites is 1. The van der Waals surface area contributed by atoms with E-state index >= 15 is 0 Å². The summed E-state index contributed by atoms with van der Waals surface area (Å²) in [5, 5.41) is 0. The van der Waals surface area contributed by atoms with Gasteiger partial charge in [-0.1, -0.05) is 12.1 Å². The predicted molar refractivity (Wildman–Crippen MR) is 101 cm³/mol. The van der Waals surface area contributed by atoms with Crippen LogP contribution in [0.3, 0.4) is 0 Å². The summed E-state index contributed by atoms with van der Waals surface area (Å²) in [6.45, 7) is 1.16. The van der Waals surface area contributed by atoms with E-state index in [2.05, 4.69) is 0 Å². The van der Waals surface area contributed by atoms with Gasteiger partial charge in [0.05, 0.1) is 12.2 Å². The van der Waals surface area contributed by atoms with Crippen molar-refractivity contribution >= 4 is 11.6 Å². The number of anilines is 1. The van der Waals surface area contributed by atoms with Gasteiger partial charge in [-0.2, -0.15) is 0 Å². The van der Waals surface area contributed by atoms with Crippen LogP contribution in [0.1, 0.15) is 29.6 Å². The highest BCUT2D eigenvalue weighted by atomic mass is 19.1. The second-order valence-corrected chi connectivity index (χ2v) is 6.80. The Morgan fingerprint density at radius 1 is 1.12 bits per heavy atom. The molecule has 1 amide bonds. The third-order valence-electron chi connectivity index (χ3n) is 4.49. The number of benzene rings is 2. The minimum Gasteiger partial charge on any atom is -0.494 e. The van der Waals surface area contributed by atoms with Gasteiger partial charge in [-0.05, 0) is 55.7 Å². The van der Waals surface area contributed by atoms with Gasteiger partial charge < -0.3 is 14.5 Å². The Morgan fingerprint density at radius 3 is 2.46 bits per heavy atom. The molecule has 1 fully saturated rings. The molecule has 26 heavy (non-hydrogen) atoms. The van der Waals surface area contributed by atoms with E-state index in [4.69, 9.17) is 4.74 Å². The quantitative estimate of drug-likeness (QED) is 0.671. The van der Waals surface area contributed by atoms with Crippen molar-refractivity contribution in [2.45, 2.75) is 25.3 Å². The van der Waals surface area contributed by atoms with Crippen molar-refractivity contribution in [2.75, 3.05) is 32.1 Å². The zero-order valence-corrected chi connectivity index (χ0v) is 15.3. The molecule has 0 heterocycles. The molecule has 0 aliphatic heterocycles. The normalized spacial score (nSPS) is 13.3. The maximum absolute atomic E-state index is 13.1. The fourth-order valence-electron chi connectivity index (χ4n) is 2.99. The first kappa shape index (κ1) is 18.2. The van der Waals surface area contributed by atoms with Gasteiger partial charge in [-0.25, -0.2) is 4.39 Å². The number of carbonyl (C=O) groups is 1. The molecule has 0 unspecified atom stereocenters. The molecule has 1 aliphatic rings. The fourth-order valence-corrected chi connectivity index (χ4v) is 2.99. The second-order valence-electron chi connectivity index (χ2n) is 6.80. The Bertz CT molecular complexity index is 742. The molecule has 1 saturated carbocycles. The average molecular weight is 356 g/mol. The lowest BCUT2D eigenvalue weighted by atomic mass is 10.1. The van der Waals surface area contributed by atoms with Crippen molar-refractivity contribution in [3.8, 4) is 5.75 Å². The van der Waals surface area contributed by atoms with Crippen molar-refractivity contribution in [1.29, 1.82) is 0 Å². The van der Waals surface area contributed by atoms with E-state index in [9.17, 15) is 9.18 Å². The topological polar surface area (TPSA) is 32.8 Å². The minimum atomic E-state index is -0.276. The summed E-state index contributed by atoms with van der Waals surface area (Å²) in [4.78, 5) is 17.0. The fraction of sp³-hybridized carbons (Fsp3) is 0.381. The number of nitrogens with zero attached hydrogens (tertiary/aromatic N) is 2. The van der Waals surface area contributed by atoms with Gasteiger partial charge in [0, 0.05) is 32.4 Å². The molecule has 0 N–H and O–H groups in total. The molecule has 138 valence electrons. The van der Waals surface area contributed by atoms with Crippen molar-refractivity contribution in [1.82, 2.24) is 4.90 Å². The van der Waals surface area contributed by atoms with E-state index in [0.29, 0.717) is 24.9 Å². The molecule has 1 aliphatic carbocycles. The highest BCUT2D eigenvalue weighted by Crippen LogP contribution is 2.30. The largest absolute Gasteiger partial charge is 0.494 e. The first-order chi connectivity index (χ1) is 12.6. The molecule has 0 saturated heterocycles. The monoisotopic (exact) mass is 356 g/mol. The number of hydrogen-bond acceptors (Lipinski definition) is 3. The maximum atomic E-state index is 13.1. The second kappa shape index (κ2) is 8.21. The SMILES string of the molecule is CN(C)c1ccccc1C(=O)N(CCCOc1ccc(F)cc1)C1CC1. The Hall–Kier alpha value is -2.56. The van der Waals surface area contributed by atoms with Crippen molar-refractivity contribution < 1.29 is 13.9 Å². The Kier molecular flexibility index (Phi) is 5.76. The highest BCUT2D eigenvalue weighted by Gasteiger charge is 2.33. The van der Waals surface area contributed by atoms with Crippen LogP contribution >= 0.6 is 0 Å². The molecule has 0 aromatic heterocycles. The van der Waals surface area contributed by atoms with Crippen molar-refractivity contribution in [2.24, 2.45) is 0 Å². The average Bonchev–Trinajstić information content (AvgIpc) is 3.47. The number of ether oxygens (including phenoxy) is 1. The van der Waals surface area contributed by atoms with E-state index < -0.39 is 0 Å². The number of carbonyl (C=O) groups excluding carboxylic acids is 1. The molecule has 0 radical (unpaired) electrons. The maximum Gasteiger partial charge on any atom is 0.256 e. The van der Waals surface area contributed by atoms with Gasteiger partial charge in [0.2, 0.25) is 0 Å². The van der Waals surface area contributed by atoms with Crippen molar-refractivity contribution in [3.05, 3.63) is 59.9 Å². The van der Waals surface area contributed by atoms with Crippen LogP contribution in [0, 0.1) is 5.82 Å². The number of rotatable bonds is 8. The molecule has 0 atom stereocenters. The molecule has 3 rings (SSSR count). The van der Waals surface area contributed by atoms with Crippen LogP contribution in [0.4, 0.5) is 10.1 Å². The summed E-state index contributed by atoms with van der Waals surface area (Å²) in [7, 11) is 3.90. The summed E-state index contributed by atoms with van der Waals surface area (Å²) in [5.41, 5.74) is 1.68. The third kappa shape index (κ3) is 4.54. The van der Waals surface area contributed by atoms with Crippen LogP contribution in [0.5, 0.6) is 5.75 Å². The summed E-state index contributed by atoms with van der Waals surface area (Å²) < 4.78 is 18.6. The smallest absolute Gasteiger partial charge is 0.256 e. The Morgan fingerprint density at radius 2 is 1.81 bits per heavy atom. The van der Waals surface area contributed by atoms with E-state index in [1.165, 1.54) is 12.1 Å². The number of hydrogen-bond donors (Lipinski definition) is 0. The first-order valence-electron chi connectivity index (χ1n) is 9.02. The lowest BCUT2D eigenvalue weighted by molar-refractivity contribution is 0.0734. The number of halogens is 1. The Balaban J connectivity index is 1.59. The van der Waals surface area contributed by atoms with Gasteiger partial charge >= 0.3 is 0 Å². The molecule has 4 nitrogen and oxygen atoms in total. The molecule has 0 bridgehead atoms. The summed E-state index contributed by atoms with van der Waals surface area (Å²) in [6, 6.07) is 14.1. The van der Waals surface area contributed by atoms with Crippen LogP contribution in [-0.2, 0) is 0 Å². The molecule has 2 aromatic carbocycles. The zero-order valence-electron chi connectivity index (χ0n) is 15.3. The summed E-state index contributed by atoms with van der Waals surface area (Å²) in [6.07, 6.45) is 2.87.